The van der Waals surface area contributed by atoms with Crippen LogP contribution in [0.25, 0.3) is 0 Å². The molecule has 136 valence electrons. The van der Waals surface area contributed by atoms with Crippen molar-refractivity contribution in [3.63, 3.8) is 0 Å². The molecule has 2 aromatic rings. The maximum Gasteiger partial charge on any atom is 0.274 e. The van der Waals surface area contributed by atoms with Gasteiger partial charge in [-0.15, -0.1) is 0 Å². The normalized spacial score (nSPS) is 16.3. The SMILES string of the molecule is Cc1nc(CN2CCC(CN(C)C(=O)c3cc(C)n(C)n3)CC2)co1. The van der Waals surface area contributed by atoms with Crippen LogP contribution >= 0.6 is 0 Å². The fraction of sp³-hybridized carbons (Fsp3) is 0.611. The molecule has 0 bridgehead atoms. The fourth-order valence-electron chi connectivity index (χ4n) is 3.37. The van der Waals surface area contributed by atoms with Gasteiger partial charge in [0.25, 0.3) is 5.91 Å². The Morgan fingerprint density at radius 1 is 1.36 bits per heavy atom. The quantitative estimate of drug-likeness (QED) is 0.829. The molecule has 0 unspecified atom stereocenters. The number of rotatable bonds is 5. The van der Waals surface area contributed by atoms with Crippen molar-refractivity contribution in [3.05, 3.63) is 35.3 Å². The first-order chi connectivity index (χ1) is 11.9. The summed E-state index contributed by atoms with van der Waals surface area (Å²) in [6.45, 7) is 7.50. The van der Waals surface area contributed by atoms with Crippen LogP contribution < -0.4 is 0 Å². The van der Waals surface area contributed by atoms with Gasteiger partial charge in [0.05, 0.1) is 5.69 Å². The number of hydrogen-bond donors (Lipinski definition) is 0. The van der Waals surface area contributed by atoms with Gasteiger partial charge in [-0.3, -0.25) is 14.4 Å². The molecule has 7 nitrogen and oxygen atoms in total. The minimum atomic E-state index is 0.00389. The Hall–Kier alpha value is -2.15. The number of carbonyl (C=O) groups excluding carboxylic acids is 1. The molecule has 3 heterocycles. The second-order valence-corrected chi connectivity index (χ2v) is 7.06. The summed E-state index contributed by atoms with van der Waals surface area (Å²) in [6, 6.07) is 1.85. The molecule has 0 saturated carbocycles. The highest BCUT2D eigenvalue weighted by Gasteiger charge is 2.24. The topological polar surface area (TPSA) is 67.4 Å². The van der Waals surface area contributed by atoms with Crippen molar-refractivity contribution in [1.82, 2.24) is 24.6 Å². The Labute approximate surface area is 148 Å². The Balaban J connectivity index is 1.47. The number of likely N-dealkylation sites (tertiary alicyclic amines) is 1. The first-order valence-electron chi connectivity index (χ1n) is 8.82. The lowest BCUT2D eigenvalue weighted by atomic mass is 9.96. The number of aryl methyl sites for hydroxylation is 3. The van der Waals surface area contributed by atoms with Crippen LogP contribution in [0.5, 0.6) is 0 Å². The number of piperidine rings is 1. The highest BCUT2D eigenvalue weighted by atomic mass is 16.3. The van der Waals surface area contributed by atoms with E-state index in [4.69, 9.17) is 4.42 Å². The summed E-state index contributed by atoms with van der Waals surface area (Å²) >= 11 is 0. The molecule has 1 fully saturated rings. The molecule has 1 saturated heterocycles. The predicted octanol–water partition coefficient (Wildman–Crippen LogP) is 2.01. The number of aromatic nitrogens is 3. The predicted molar refractivity (Wildman–Crippen MR) is 94.1 cm³/mol. The van der Waals surface area contributed by atoms with Gasteiger partial charge < -0.3 is 9.32 Å². The van der Waals surface area contributed by atoms with Crippen molar-refractivity contribution in [3.8, 4) is 0 Å². The number of hydrogen-bond acceptors (Lipinski definition) is 5. The molecule has 0 aromatic carbocycles. The van der Waals surface area contributed by atoms with Crippen LogP contribution in [0.3, 0.4) is 0 Å². The van der Waals surface area contributed by atoms with E-state index in [9.17, 15) is 4.79 Å². The molecular formula is C18H27N5O2. The summed E-state index contributed by atoms with van der Waals surface area (Å²) < 4.78 is 7.01. The van der Waals surface area contributed by atoms with Crippen molar-refractivity contribution in [2.45, 2.75) is 33.2 Å². The van der Waals surface area contributed by atoms with E-state index in [1.54, 1.807) is 10.9 Å². The van der Waals surface area contributed by atoms with Crippen LogP contribution in [-0.2, 0) is 13.6 Å². The van der Waals surface area contributed by atoms with Crippen LogP contribution in [0.2, 0.25) is 0 Å². The smallest absolute Gasteiger partial charge is 0.274 e. The first-order valence-corrected chi connectivity index (χ1v) is 8.82. The maximum absolute atomic E-state index is 12.5. The maximum atomic E-state index is 12.5. The summed E-state index contributed by atoms with van der Waals surface area (Å²) in [6.07, 6.45) is 3.92. The Kier molecular flexibility index (Phi) is 5.22. The lowest BCUT2D eigenvalue weighted by Gasteiger charge is -2.33. The van der Waals surface area contributed by atoms with Crippen LogP contribution in [0, 0.1) is 19.8 Å². The summed E-state index contributed by atoms with van der Waals surface area (Å²) in [5.74, 6) is 1.26. The highest BCUT2D eigenvalue weighted by Crippen LogP contribution is 2.20. The molecule has 25 heavy (non-hydrogen) atoms. The van der Waals surface area contributed by atoms with Crippen LogP contribution in [0.4, 0.5) is 0 Å². The van der Waals surface area contributed by atoms with E-state index in [0.717, 1.165) is 56.3 Å². The third-order valence-electron chi connectivity index (χ3n) is 4.97. The first kappa shape index (κ1) is 17.7. The molecule has 0 atom stereocenters. The second kappa shape index (κ2) is 7.39. The molecule has 0 aliphatic carbocycles. The van der Waals surface area contributed by atoms with Crippen molar-refractivity contribution >= 4 is 5.91 Å². The van der Waals surface area contributed by atoms with Gasteiger partial charge in [-0.25, -0.2) is 4.98 Å². The average molecular weight is 345 g/mol. The molecule has 1 aliphatic heterocycles. The van der Waals surface area contributed by atoms with Crippen LogP contribution in [0.1, 0.15) is 40.6 Å². The Bertz CT molecular complexity index is 708. The van der Waals surface area contributed by atoms with Crippen molar-refractivity contribution in [1.29, 1.82) is 0 Å². The minimum Gasteiger partial charge on any atom is -0.449 e. The van der Waals surface area contributed by atoms with Gasteiger partial charge >= 0.3 is 0 Å². The van der Waals surface area contributed by atoms with Gasteiger partial charge in [-0.05, 0) is 44.8 Å². The Morgan fingerprint density at radius 2 is 2.08 bits per heavy atom. The van der Waals surface area contributed by atoms with Crippen molar-refractivity contribution < 1.29 is 9.21 Å². The van der Waals surface area contributed by atoms with E-state index >= 15 is 0 Å². The van der Waals surface area contributed by atoms with Crippen LogP contribution in [-0.4, -0.2) is 57.2 Å². The van der Waals surface area contributed by atoms with Gasteiger partial charge in [-0.1, -0.05) is 0 Å². The monoisotopic (exact) mass is 345 g/mol. The molecule has 0 radical (unpaired) electrons. The molecule has 3 rings (SSSR count). The lowest BCUT2D eigenvalue weighted by Crippen LogP contribution is -2.39. The third-order valence-corrected chi connectivity index (χ3v) is 4.97. The molecule has 1 amide bonds. The standard InChI is InChI=1S/C18H27N5O2/c1-13-9-17(20-22(13)4)18(24)21(3)10-15-5-7-23(8-6-15)11-16-12-25-14(2)19-16/h9,12,15H,5-8,10-11H2,1-4H3. The Morgan fingerprint density at radius 3 is 2.64 bits per heavy atom. The van der Waals surface area contributed by atoms with Gasteiger partial charge in [0.15, 0.2) is 11.6 Å². The zero-order valence-corrected chi connectivity index (χ0v) is 15.5. The second-order valence-electron chi connectivity index (χ2n) is 7.06. The fourth-order valence-corrected chi connectivity index (χ4v) is 3.37. The molecule has 2 aromatic heterocycles. The van der Waals surface area contributed by atoms with Gasteiger partial charge in [0, 0.05) is 39.8 Å². The number of nitrogens with zero attached hydrogens (tertiary/aromatic N) is 5. The summed E-state index contributed by atoms with van der Waals surface area (Å²) in [4.78, 5) is 21.1. The minimum absolute atomic E-state index is 0.00389. The van der Waals surface area contributed by atoms with Crippen LogP contribution in [0.15, 0.2) is 16.7 Å². The lowest BCUT2D eigenvalue weighted by molar-refractivity contribution is 0.0730. The highest BCUT2D eigenvalue weighted by molar-refractivity contribution is 5.92. The molecular weight excluding hydrogens is 318 g/mol. The molecule has 0 N–H and O–H groups in total. The number of amides is 1. The molecule has 7 heteroatoms. The molecule has 0 spiro atoms. The van der Waals surface area contributed by atoms with E-state index < -0.39 is 0 Å². The summed E-state index contributed by atoms with van der Waals surface area (Å²) in [5, 5.41) is 4.29. The number of oxazole rings is 1. The summed E-state index contributed by atoms with van der Waals surface area (Å²) in [7, 11) is 3.73. The number of carbonyl (C=O) groups is 1. The van der Waals surface area contributed by atoms with E-state index in [-0.39, 0.29) is 5.91 Å². The van der Waals surface area contributed by atoms with E-state index in [0.29, 0.717) is 11.6 Å². The van der Waals surface area contributed by atoms with Gasteiger partial charge in [0.1, 0.15) is 6.26 Å². The van der Waals surface area contributed by atoms with Crippen molar-refractivity contribution in [2.75, 3.05) is 26.7 Å². The summed E-state index contributed by atoms with van der Waals surface area (Å²) in [5.41, 5.74) is 2.52. The van der Waals surface area contributed by atoms with Gasteiger partial charge in [-0.2, -0.15) is 5.10 Å². The van der Waals surface area contributed by atoms with E-state index in [1.807, 2.05) is 38.9 Å². The zero-order chi connectivity index (χ0) is 18.0. The van der Waals surface area contributed by atoms with E-state index in [1.165, 1.54) is 0 Å². The van der Waals surface area contributed by atoms with E-state index in [2.05, 4.69) is 15.0 Å². The van der Waals surface area contributed by atoms with Crippen molar-refractivity contribution in [2.24, 2.45) is 13.0 Å². The molecule has 1 aliphatic rings. The average Bonchev–Trinajstić information content (AvgIpc) is 3.14. The largest absolute Gasteiger partial charge is 0.449 e. The third kappa shape index (κ3) is 4.28. The van der Waals surface area contributed by atoms with Gasteiger partial charge in [0.2, 0.25) is 0 Å². The zero-order valence-electron chi connectivity index (χ0n) is 15.5.